The molecule has 0 radical (unpaired) electrons. The zero-order chi connectivity index (χ0) is 20.1. The summed E-state index contributed by atoms with van der Waals surface area (Å²) >= 11 is 5.95. The van der Waals surface area contributed by atoms with Crippen LogP contribution in [-0.4, -0.2) is 19.6 Å². The highest BCUT2D eigenvalue weighted by Gasteiger charge is 2.19. The number of anilines is 1. The smallest absolute Gasteiger partial charge is 0.127 e. The summed E-state index contributed by atoms with van der Waals surface area (Å²) < 4.78 is 5.95. The van der Waals surface area contributed by atoms with E-state index in [9.17, 15) is 0 Å². The average Bonchev–Trinajstić information content (AvgIpc) is 3.25. The van der Waals surface area contributed by atoms with Gasteiger partial charge in [-0.25, -0.2) is 0 Å². The minimum atomic E-state index is 0.686. The van der Waals surface area contributed by atoms with Crippen LogP contribution in [0.5, 0.6) is 11.5 Å². The minimum absolute atomic E-state index is 0.686. The van der Waals surface area contributed by atoms with Crippen LogP contribution in [0.3, 0.4) is 0 Å². The van der Waals surface area contributed by atoms with Crippen LogP contribution in [-0.2, 0) is 6.54 Å². The lowest BCUT2D eigenvalue weighted by Gasteiger charge is -2.28. The summed E-state index contributed by atoms with van der Waals surface area (Å²) in [5.41, 5.74) is 3.85. The fourth-order valence-electron chi connectivity index (χ4n) is 3.72. The average molecular weight is 407 g/mol. The van der Waals surface area contributed by atoms with E-state index in [4.69, 9.17) is 16.3 Å². The molecule has 150 valence electrons. The molecule has 0 spiro atoms. The van der Waals surface area contributed by atoms with Gasteiger partial charge < -0.3 is 15.0 Å². The van der Waals surface area contributed by atoms with Gasteiger partial charge in [0.1, 0.15) is 11.5 Å². The third-order valence-electron chi connectivity index (χ3n) is 5.39. The molecule has 4 heteroatoms. The standard InChI is InChI=1S/C25H27ClN2O/c1-19-2-4-20(5-3-19)17-28(18-21-14-15-27-16-21)23-8-12-25(13-9-23)29-24-10-6-22(26)7-11-24/h2-13,21,27H,14-18H2,1H3. The van der Waals surface area contributed by atoms with E-state index in [1.54, 1.807) is 0 Å². The predicted molar refractivity (Wildman–Crippen MR) is 121 cm³/mol. The third kappa shape index (κ3) is 5.53. The van der Waals surface area contributed by atoms with E-state index < -0.39 is 0 Å². The number of hydrogen-bond donors (Lipinski definition) is 1. The molecule has 0 bridgehead atoms. The van der Waals surface area contributed by atoms with E-state index in [1.807, 2.05) is 36.4 Å². The van der Waals surface area contributed by atoms with Crippen molar-refractivity contribution < 1.29 is 4.74 Å². The maximum atomic E-state index is 5.95. The van der Waals surface area contributed by atoms with Crippen molar-refractivity contribution in [3.63, 3.8) is 0 Å². The van der Waals surface area contributed by atoms with Gasteiger partial charge in [-0.15, -0.1) is 0 Å². The largest absolute Gasteiger partial charge is 0.457 e. The summed E-state index contributed by atoms with van der Waals surface area (Å²) in [5, 5.41) is 4.19. The zero-order valence-electron chi connectivity index (χ0n) is 16.8. The van der Waals surface area contributed by atoms with Crippen LogP contribution in [0.15, 0.2) is 72.8 Å². The zero-order valence-corrected chi connectivity index (χ0v) is 17.5. The molecule has 0 amide bonds. The monoisotopic (exact) mass is 406 g/mol. The molecule has 3 aromatic rings. The van der Waals surface area contributed by atoms with Gasteiger partial charge in [-0.1, -0.05) is 41.4 Å². The van der Waals surface area contributed by atoms with Crippen molar-refractivity contribution in [2.24, 2.45) is 5.92 Å². The Bertz CT molecular complexity index is 901. The number of nitrogens with one attached hydrogen (secondary N) is 1. The summed E-state index contributed by atoms with van der Waals surface area (Å²) in [6, 6.07) is 24.7. The van der Waals surface area contributed by atoms with Crippen LogP contribution in [0.25, 0.3) is 0 Å². The summed E-state index contributed by atoms with van der Waals surface area (Å²) in [6.45, 7) is 6.32. The second-order valence-corrected chi connectivity index (χ2v) is 8.21. The Labute approximate surface area is 178 Å². The maximum absolute atomic E-state index is 5.95. The number of halogens is 1. The fraction of sp³-hybridized carbons (Fsp3) is 0.280. The normalized spacial score (nSPS) is 16.0. The Balaban J connectivity index is 1.49. The Hall–Kier alpha value is -2.49. The molecule has 4 rings (SSSR count). The summed E-state index contributed by atoms with van der Waals surface area (Å²) in [7, 11) is 0. The topological polar surface area (TPSA) is 24.5 Å². The van der Waals surface area contributed by atoms with Crippen LogP contribution in [0, 0.1) is 12.8 Å². The Morgan fingerprint density at radius 1 is 0.931 bits per heavy atom. The fourth-order valence-corrected chi connectivity index (χ4v) is 3.85. The maximum Gasteiger partial charge on any atom is 0.127 e. The van der Waals surface area contributed by atoms with Crippen LogP contribution in [0.4, 0.5) is 5.69 Å². The Morgan fingerprint density at radius 3 is 2.21 bits per heavy atom. The summed E-state index contributed by atoms with van der Waals surface area (Å²) in [4.78, 5) is 2.48. The third-order valence-corrected chi connectivity index (χ3v) is 5.64. The number of ether oxygens (including phenoxy) is 1. The summed E-state index contributed by atoms with van der Waals surface area (Å²) in [5.74, 6) is 2.30. The van der Waals surface area contributed by atoms with E-state index in [0.717, 1.165) is 37.7 Å². The molecule has 3 aromatic carbocycles. The van der Waals surface area contributed by atoms with E-state index in [1.165, 1.54) is 23.2 Å². The molecule has 1 atom stereocenters. The van der Waals surface area contributed by atoms with E-state index >= 15 is 0 Å². The molecule has 1 heterocycles. The lowest BCUT2D eigenvalue weighted by atomic mass is 10.1. The minimum Gasteiger partial charge on any atom is -0.457 e. The molecular weight excluding hydrogens is 380 g/mol. The van der Waals surface area contributed by atoms with Crippen molar-refractivity contribution in [3.8, 4) is 11.5 Å². The molecule has 29 heavy (non-hydrogen) atoms. The van der Waals surface area contributed by atoms with Gasteiger partial charge >= 0.3 is 0 Å². The molecular formula is C25H27ClN2O. The Kier molecular flexibility index (Phi) is 6.38. The van der Waals surface area contributed by atoms with E-state index in [0.29, 0.717) is 10.9 Å². The van der Waals surface area contributed by atoms with Gasteiger partial charge in [0, 0.05) is 23.8 Å². The highest BCUT2D eigenvalue weighted by Crippen LogP contribution is 2.27. The predicted octanol–water partition coefficient (Wildman–Crippen LogP) is 6.06. The van der Waals surface area contributed by atoms with Crippen molar-refractivity contribution in [2.45, 2.75) is 19.9 Å². The Morgan fingerprint density at radius 2 is 1.59 bits per heavy atom. The van der Waals surface area contributed by atoms with Crippen LogP contribution in [0.1, 0.15) is 17.5 Å². The van der Waals surface area contributed by atoms with Crippen molar-refractivity contribution in [3.05, 3.63) is 88.9 Å². The molecule has 1 N–H and O–H groups in total. The molecule has 1 unspecified atom stereocenters. The molecule has 1 aliphatic heterocycles. The van der Waals surface area contributed by atoms with Gasteiger partial charge in [0.15, 0.2) is 0 Å². The number of hydrogen-bond acceptors (Lipinski definition) is 3. The molecule has 0 saturated carbocycles. The number of aryl methyl sites for hydroxylation is 1. The van der Waals surface area contributed by atoms with Crippen molar-refractivity contribution in [1.29, 1.82) is 0 Å². The highest BCUT2D eigenvalue weighted by atomic mass is 35.5. The van der Waals surface area contributed by atoms with Crippen molar-refractivity contribution >= 4 is 17.3 Å². The number of rotatable bonds is 7. The van der Waals surface area contributed by atoms with Gasteiger partial charge in [-0.3, -0.25) is 0 Å². The van der Waals surface area contributed by atoms with Crippen LogP contribution in [0.2, 0.25) is 5.02 Å². The first-order valence-corrected chi connectivity index (χ1v) is 10.6. The first-order valence-electron chi connectivity index (χ1n) is 10.2. The molecule has 0 aromatic heterocycles. The second kappa shape index (κ2) is 9.34. The second-order valence-electron chi connectivity index (χ2n) is 7.77. The molecule has 1 fully saturated rings. The quantitative estimate of drug-likeness (QED) is 0.516. The molecule has 1 aliphatic rings. The first kappa shape index (κ1) is 19.8. The van der Waals surface area contributed by atoms with Gasteiger partial charge in [0.25, 0.3) is 0 Å². The molecule has 0 aliphatic carbocycles. The lowest BCUT2D eigenvalue weighted by Crippen LogP contribution is -2.30. The number of benzene rings is 3. The van der Waals surface area contributed by atoms with Crippen LogP contribution < -0.4 is 15.0 Å². The highest BCUT2D eigenvalue weighted by molar-refractivity contribution is 6.30. The number of nitrogens with zero attached hydrogens (tertiary/aromatic N) is 1. The SMILES string of the molecule is Cc1ccc(CN(CC2CCNC2)c2ccc(Oc3ccc(Cl)cc3)cc2)cc1. The van der Waals surface area contributed by atoms with Gasteiger partial charge in [0.05, 0.1) is 0 Å². The first-order chi connectivity index (χ1) is 14.2. The van der Waals surface area contributed by atoms with Crippen molar-refractivity contribution in [2.75, 3.05) is 24.5 Å². The van der Waals surface area contributed by atoms with Gasteiger partial charge in [-0.05, 0) is 86.4 Å². The van der Waals surface area contributed by atoms with E-state index in [-0.39, 0.29) is 0 Å². The molecule has 1 saturated heterocycles. The van der Waals surface area contributed by atoms with Crippen molar-refractivity contribution in [1.82, 2.24) is 5.32 Å². The van der Waals surface area contributed by atoms with Gasteiger partial charge in [-0.2, -0.15) is 0 Å². The van der Waals surface area contributed by atoms with E-state index in [2.05, 4.69) is 53.5 Å². The van der Waals surface area contributed by atoms with Gasteiger partial charge in [0.2, 0.25) is 0 Å². The lowest BCUT2D eigenvalue weighted by molar-refractivity contribution is 0.482. The molecule has 3 nitrogen and oxygen atoms in total. The summed E-state index contributed by atoms with van der Waals surface area (Å²) in [6.07, 6.45) is 1.24. The van der Waals surface area contributed by atoms with Crippen LogP contribution >= 0.6 is 11.6 Å².